The van der Waals surface area contributed by atoms with Crippen LogP contribution in [0.2, 0.25) is 0 Å². The van der Waals surface area contributed by atoms with Gasteiger partial charge < -0.3 is 14.4 Å². The molecule has 0 fully saturated rings. The molecule has 0 spiro atoms. The molecule has 5 heteroatoms. The molecule has 4 heterocycles. The molecule has 4 aromatic heterocycles. The van der Waals surface area contributed by atoms with Crippen molar-refractivity contribution in [3.8, 4) is 22.5 Å². The van der Waals surface area contributed by atoms with Crippen LogP contribution in [-0.2, 0) is 20.1 Å². The molecule has 7 aromatic rings. The standard InChI is InChI=1S/C20H11N2O.C14H14N.Ir/c1-2-11-21-17(8-1)15-6-3-5-13-14-9-10-18-16(7-4-12-22-18)20(14)23-19(13)15;1-10-4-6-13(7-5-10)14-8-11(2)12(3)9-15-14;/h1-5,7-12H;4-6,8-9H,1-3H3;/q2*-1;. The average Bonchev–Trinajstić information content (AvgIpc) is 3.35. The molecule has 0 atom stereocenters. The molecule has 0 saturated heterocycles. The Morgan fingerprint density at radius 1 is 0.667 bits per heavy atom. The molecule has 4 nitrogen and oxygen atoms in total. The molecule has 0 aliphatic carbocycles. The van der Waals surface area contributed by atoms with Gasteiger partial charge in [0.05, 0.1) is 11.1 Å². The van der Waals surface area contributed by atoms with Crippen molar-refractivity contribution in [1.82, 2.24) is 15.0 Å². The Kier molecular flexibility index (Phi) is 7.65. The summed E-state index contributed by atoms with van der Waals surface area (Å²) in [6, 6.07) is 32.6. The largest absolute Gasteiger partial charge is 0.500 e. The van der Waals surface area contributed by atoms with Crippen LogP contribution in [0.4, 0.5) is 0 Å². The second-order valence-electron chi connectivity index (χ2n) is 9.36. The van der Waals surface area contributed by atoms with Crippen LogP contribution < -0.4 is 0 Å². The van der Waals surface area contributed by atoms with Gasteiger partial charge in [-0.2, -0.15) is 0 Å². The zero-order valence-corrected chi connectivity index (χ0v) is 24.2. The summed E-state index contributed by atoms with van der Waals surface area (Å²) < 4.78 is 6.24. The van der Waals surface area contributed by atoms with Crippen LogP contribution in [0.25, 0.3) is 55.4 Å². The minimum atomic E-state index is 0. The van der Waals surface area contributed by atoms with Crippen LogP contribution in [0.3, 0.4) is 0 Å². The van der Waals surface area contributed by atoms with E-state index in [-0.39, 0.29) is 20.1 Å². The number of furan rings is 1. The first kappa shape index (κ1) is 26.4. The van der Waals surface area contributed by atoms with Gasteiger partial charge in [0.25, 0.3) is 0 Å². The van der Waals surface area contributed by atoms with E-state index in [9.17, 15) is 0 Å². The maximum Gasteiger partial charge on any atom is 0.130 e. The number of benzene rings is 3. The first-order valence-corrected chi connectivity index (χ1v) is 12.5. The molecule has 1 radical (unpaired) electrons. The van der Waals surface area contributed by atoms with Gasteiger partial charge in [0, 0.05) is 49.5 Å². The number of aryl methyl sites for hydroxylation is 3. The van der Waals surface area contributed by atoms with Gasteiger partial charge in [0.2, 0.25) is 0 Å². The monoisotopic (exact) mass is 684 g/mol. The van der Waals surface area contributed by atoms with Crippen molar-refractivity contribution in [3.05, 3.63) is 126 Å². The molecular weight excluding hydrogens is 659 g/mol. The topological polar surface area (TPSA) is 51.8 Å². The van der Waals surface area contributed by atoms with Crippen molar-refractivity contribution in [1.29, 1.82) is 0 Å². The summed E-state index contributed by atoms with van der Waals surface area (Å²) in [4.78, 5) is 13.2. The summed E-state index contributed by atoms with van der Waals surface area (Å²) in [5.74, 6) is 0. The first-order valence-electron chi connectivity index (χ1n) is 12.5. The van der Waals surface area contributed by atoms with Crippen LogP contribution in [0.15, 0.2) is 102 Å². The van der Waals surface area contributed by atoms with Gasteiger partial charge in [-0.05, 0) is 61.1 Å². The van der Waals surface area contributed by atoms with E-state index < -0.39 is 0 Å². The van der Waals surface area contributed by atoms with E-state index in [0.717, 1.165) is 55.4 Å². The third-order valence-corrected chi connectivity index (χ3v) is 6.72. The molecule has 0 amide bonds. The zero-order chi connectivity index (χ0) is 26.1. The van der Waals surface area contributed by atoms with Crippen LogP contribution in [-0.4, -0.2) is 15.0 Å². The second kappa shape index (κ2) is 11.3. The maximum absolute atomic E-state index is 6.24. The Morgan fingerprint density at radius 2 is 1.51 bits per heavy atom. The third kappa shape index (κ3) is 5.24. The Labute approximate surface area is 241 Å². The minimum Gasteiger partial charge on any atom is -0.500 e. The SMILES string of the molecule is Cc1c[c-]c(-c2cc(C)c(C)cn2)cc1.[Ir].[c-]1ccc2c(oc3c4cccnc4ccc23)c1-c1ccccn1. The normalized spacial score (nSPS) is 10.7. The van der Waals surface area contributed by atoms with Gasteiger partial charge in [-0.1, -0.05) is 41.6 Å². The number of hydrogen-bond donors (Lipinski definition) is 0. The minimum absolute atomic E-state index is 0. The Morgan fingerprint density at radius 3 is 2.28 bits per heavy atom. The summed E-state index contributed by atoms with van der Waals surface area (Å²) in [7, 11) is 0. The van der Waals surface area contributed by atoms with Crippen molar-refractivity contribution in [2.45, 2.75) is 20.8 Å². The molecule has 0 bridgehead atoms. The van der Waals surface area contributed by atoms with E-state index in [1.165, 1.54) is 16.7 Å². The fraction of sp³-hybridized carbons (Fsp3) is 0.0882. The maximum atomic E-state index is 6.24. The third-order valence-electron chi connectivity index (χ3n) is 6.72. The summed E-state index contributed by atoms with van der Waals surface area (Å²) >= 11 is 0. The summed E-state index contributed by atoms with van der Waals surface area (Å²) in [6.45, 7) is 6.24. The van der Waals surface area contributed by atoms with Gasteiger partial charge >= 0.3 is 0 Å². The first-order chi connectivity index (χ1) is 18.6. The number of aromatic nitrogens is 3. The summed E-state index contributed by atoms with van der Waals surface area (Å²) in [5, 5.41) is 3.19. The van der Waals surface area contributed by atoms with Crippen molar-refractivity contribution in [2.75, 3.05) is 0 Å². The second-order valence-corrected chi connectivity index (χ2v) is 9.36. The summed E-state index contributed by atoms with van der Waals surface area (Å²) in [6.07, 6.45) is 5.49. The predicted octanol–water partition coefficient (Wildman–Crippen LogP) is 8.47. The van der Waals surface area contributed by atoms with Gasteiger partial charge in [0.1, 0.15) is 5.58 Å². The smallest absolute Gasteiger partial charge is 0.130 e. The number of pyridine rings is 3. The molecule has 3 aromatic carbocycles. The van der Waals surface area contributed by atoms with E-state index in [0.29, 0.717) is 0 Å². The van der Waals surface area contributed by atoms with Gasteiger partial charge in [0.15, 0.2) is 0 Å². The van der Waals surface area contributed by atoms with Crippen molar-refractivity contribution >= 4 is 32.8 Å². The van der Waals surface area contributed by atoms with E-state index >= 15 is 0 Å². The van der Waals surface area contributed by atoms with Crippen LogP contribution in [0.5, 0.6) is 0 Å². The van der Waals surface area contributed by atoms with Crippen molar-refractivity contribution < 1.29 is 24.5 Å². The molecule has 0 unspecified atom stereocenters. The van der Waals surface area contributed by atoms with Crippen LogP contribution >= 0.6 is 0 Å². The number of fused-ring (bicyclic) bond motifs is 5. The molecule has 0 N–H and O–H groups in total. The molecule has 0 aliphatic rings. The van der Waals surface area contributed by atoms with Crippen LogP contribution in [0, 0.1) is 32.9 Å². The number of rotatable bonds is 2. The van der Waals surface area contributed by atoms with Crippen LogP contribution in [0.1, 0.15) is 16.7 Å². The Bertz CT molecular complexity index is 1890. The number of hydrogen-bond acceptors (Lipinski definition) is 4. The van der Waals surface area contributed by atoms with E-state index in [1.807, 2.05) is 60.8 Å². The Hall–Kier alpha value is -4.18. The van der Waals surface area contributed by atoms with E-state index in [4.69, 9.17) is 4.42 Å². The molecule has 7 rings (SSSR count). The van der Waals surface area contributed by atoms with Gasteiger partial charge in [-0.3, -0.25) is 4.98 Å². The van der Waals surface area contributed by atoms with E-state index in [2.05, 4.69) is 72.1 Å². The predicted molar refractivity (Wildman–Crippen MR) is 154 cm³/mol. The van der Waals surface area contributed by atoms with Crippen molar-refractivity contribution in [2.24, 2.45) is 0 Å². The van der Waals surface area contributed by atoms with Gasteiger partial charge in [-0.25, -0.2) is 0 Å². The fourth-order valence-electron chi connectivity index (χ4n) is 4.49. The number of nitrogens with zero attached hydrogens (tertiary/aromatic N) is 3. The van der Waals surface area contributed by atoms with E-state index in [1.54, 1.807) is 12.4 Å². The van der Waals surface area contributed by atoms with Crippen molar-refractivity contribution in [3.63, 3.8) is 0 Å². The molecule has 0 saturated carbocycles. The zero-order valence-electron chi connectivity index (χ0n) is 21.8. The molecule has 39 heavy (non-hydrogen) atoms. The quantitative estimate of drug-likeness (QED) is 0.172. The molecule has 193 valence electrons. The van der Waals surface area contributed by atoms with Gasteiger partial charge in [-0.15, -0.1) is 53.6 Å². The fourth-order valence-corrected chi connectivity index (χ4v) is 4.49. The average molecular weight is 684 g/mol. The molecular formula is C34H25IrN3O-2. The Balaban J connectivity index is 0.000000169. The summed E-state index contributed by atoms with van der Waals surface area (Å²) in [5.41, 5.74) is 10.1. The molecule has 0 aliphatic heterocycles.